The molecule has 0 aliphatic rings. The Morgan fingerprint density at radius 3 is 2.11 bits per heavy atom. The number of carbonyl (C=O) groups is 1. The Bertz CT molecular complexity index is 253. The summed E-state index contributed by atoms with van der Waals surface area (Å²) < 4.78 is 0. The van der Waals surface area contributed by atoms with E-state index in [4.69, 9.17) is 5.11 Å². The van der Waals surface area contributed by atoms with E-state index in [0.29, 0.717) is 6.42 Å². The quantitative estimate of drug-likeness (QED) is 0.355. The summed E-state index contributed by atoms with van der Waals surface area (Å²) in [4.78, 5) is 23.9. The lowest BCUT2D eigenvalue weighted by atomic mass is 10.1. The molecule has 1 N–H and O–H groups in total. The second kappa shape index (κ2) is 14.2. The van der Waals surface area contributed by atoms with Gasteiger partial charge >= 0.3 is 5.97 Å². The van der Waals surface area contributed by atoms with Gasteiger partial charge in [-0.15, -0.1) is 12.4 Å². The monoisotopic (exact) mass is 277 g/mol. The third kappa shape index (κ3) is 15.1. The van der Waals surface area contributed by atoms with Crippen molar-refractivity contribution in [3.05, 3.63) is 0 Å². The fourth-order valence-electron chi connectivity index (χ4n) is 1.75. The van der Waals surface area contributed by atoms with E-state index < -0.39 is 5.97 Å². The molecule has 0 heterocycles. The second-order valence-corrected chi connectivity index (χ2v) is 4.48. The van der Waals surface area contributed by atoms with Gasteiger partial charge in [-0.2, -0.15) is 0 Å². The molecule has 1 unspecified atom stereocenters. The standard InChI is InChI=1S/C13H23NO3.ClH/c1-12(14-11-15)9-7-5-3-2-4-6-8-10-13(16)17;/h12H,2-10H2,1H3,(H,16,17);1H. The third-order valence-corrected chi connectivity index (χ3v) is 2.79. The summed E-state index contributed by atoms with van der Waals surface area (Å²) in [6, 6.07) is 0.100. The molecule has 0 spiro atoms. The molecular weight excluding hydrogens is 254 g/mol. The van der Waals surface area contributed by atoms with Crippen LogP contribution in [-0.2, 0) is 9.59 Å². The number of hydrogen-bond acceptors (Lipinski definition) is 3. The van der Waals surface area contributed by atoms with Crippen molar-refractivity contribution in [3.8, 4) is 0 Å². The molecular formula is C13H24ClNO3. The molecule has 0 amide bonds. The molecule has 0 fully saturated rings. The number of carboxylic acid groups (broad SMARTS) is 1. The molecule has 5 heteroatoms. The van der Waals surface area contributed by atoms with Gasteiger partial charge in [0.05, 0.1) is 6.04 Å². The molecule has 0 radical (unpaired) electrons. The van der Waals surface area contributed by atoms with Gasteiger partial charge in [0.25, 0.3) is 0 Å². The van der Waals surface area contributed by atoms with E-state index in [9.17, 15) is 9.59 Å². The van der Waals surface area contributed by atoms with Gasteiger partial charge in [-0.3, -0.25) is 4.79 Å². The average molecular weight is 278 g/mol. The second-order valence-electron chi connectivity index (χ2n) is 4.48. The Labute approximate surface area is 115 Å². The van der Waals surface area contributed by atoms with Crippen molar-refractivity contribution in [2.45, 2.75) is 70.8 Å². The molecule has 0 aliphatic heterocycles. The molecule has 0 aliphatic carbocycles. The van der Waals surface area contributed by atoms with Gasteiger partial charge in [0.2, 0.25) is 6.08 Å². The first-order valence-corrected chi connectivity index (χ1v) is 6.45. The van der Waals surface area contributed by atoms with Gasteiger partial charge in [-0.25, -0.2) is 9.79 Å². The zero-order valence-corrected chi connectivity index (χ0v) is 11.9. The predicted octanol–water partition coefficient (Wildman–Crippen LogP) is 3.73. The lowest BCUT2D eigenvalue weighted by molar-refractivity contribution is -0.137. The van der Waals surface area contributed by atoms with Gasteiger partial charge < -0.3 is 5.11 Å². The molecule has 4 nitrogen and oxygen atoms in total. The summed E-state index contributed by atoms with van der Waals surface area (Å²) >= 11 is 0. The van der Waals surface area contributed by atoms with Gasteiger partial charge in [0.15, 0.2) is 0 Å². The fourth-order valence-corrected chi connectivity index (χ4v) is 1.75. The van der Waals surface area contributed by atoms with Gasteiger partial charge in [-0.05, 0) is 19.8 Å². The van der Waals surface area contributed by atoms with E-state index in [-0.39, 0.29) is 18.4 Å². The van der Waals surface area contributed by atoms with E-state index in [2.05, 4.69) is 4.99 Å². The normalized spacial score (nSPS) is 11.2. The Morgan fingerprint density at radius 1 is 1.11 bits per heavy atom. The largest absolute Gasteiger partial charge is 0.481 e. The zero-order valence-electron chi connectivity index (χ0n) is 11.1. The summed E-state index contributed by atoms with van der Waals surface area (Å²) in [5.74, 6) is -0.699. The summed E-state index contributed by atoms with van der Waals surface area (Å²) in [7, 11) is 0. The van der Waals surface area contributed by atoms with Crippen LogP contribution in [0.25, 0.3) is 0 Å². The average Bonchev–Trinajstić information content (AvgIpc) is 2.27. The summed E-state index contributed by atoms with van der Waals surface area (Å²) in [5, 5.41) is 8.45. The SMILES string of the molecule is CC(CCCCCCCCCC(=O)O)N=C=O.Cl. The molecule has 18 heavy (non-hydrogen) atoms. The highest BCUT2D eigenvalue weighted by atomic mass is 35.5. The molecule has 0 bridgehead atoms. The van der Waals surface area contributed by atoms with Crippen molar-refractivity contribution in [2.75, 3.05) is 0 Å². The number of carboxylic acids is 1. The minimum atomic E-state index is -0.699. The van der Waals surface area contributed by atoms with Crippen LogP contribution in [-0.4, -0.2) is 23.2 Å². The Kier molecular flexibility index (Phi) is 15.4. The number of nitrogens with zero attached hydrogens (tertiary/aromatic N) is 1. The van der Waals surface area contributed by atoms with Crippen molar-refractivity contribution < 1.29 is 14.7 Å². The van der Waals surface area contributed by atoms with Gasteiger partial charge in [0, 0.05) is 6.42 Å². The molecule has 0 aromatic rings. The number of carbonyl (C=O) groups excluding carboxylic acids is 1. The van der Waals surface area contributed by atoms with Crippen molar-refractivity contribution in [2.24, 2.45) is 4.99 Å². The number of aliphatic carboxylic acids is 1. The molecule has 0 rings (SSSR count). The summed E-state index contributed by atoms with van der Waals surface area (Å²) in [5.41, 5.74) is 0. The smallest absolute Gasteiger partial charge is 0.303 e. The maximum absolute atomic E-state index is 10.3. The summed E-state index contributed by atoms with van der Waals surface area (Å²) in [6.07, 6.45) is 10.4. The van der Waals surface area contributed by atoms with E-state index in [1.165, 1.54) is 12.8 Å². The fraction of sp³-hybridized carbons (Fsp3) is 0.846. The first-order chi connectivity index (χ1) is 8.16. The Morgan fingerprint density at radius 2 is 1.61 bits per heavy atom. The van der Waals surface area contributed by atoms with Crippen LogP contribution >= 0.6 is 12.4 Å². The Balaban J connectivity index is 0. The highest BCUT2D eigenvalue weighted by Gasteiger charge is 1.99. The predicted molar refractivity (Wildman–Crippen MR) is 74.0 cm³/mol. The van der Waals surface area contributed by atoms with E-state index in [1.54, 1.807) is 6.08 Å². The Hall–Kier alpha value is -0.860. The molecule has 106 valence electrons. The van der Waals surface area contributed by atoms with Crippen LogP contribution in [0.4, 0.5) is 0 Å². The number of hydrogen-bond donors (Lipinski definition) is 1. The third-order valence-electron chi connectivity index (χ3n) is 2.79. The first-order valence-electron chi connectivity index (χ1n) is 6.45. The van der Waals surface area contributed by atoms with Gasteiger partial charge in [0.1, 0.15) is 0 Å². The maximum Gasteiger partial charge on any atom is 0.303 e. The van der Waals surface area contributed by atoms with Crippen LogP contribution in [0.3, 0.4) is 0 Å². The van der Waals surface area contributed by atoms with Crippen LogP contribution in [0.1, 0.15) is 64.7 Å². The van der Waals surface area contributed by atoms with E-state index >= 15 is 0 Å². The van der Waals surface area contributed by atoms with Crippen LogP contribution < -0.4 is 0 Å². The van der Waals surface area contributed by atoms with Crippen LogP contribution in [0.5, 0.6) is 0 Å². The topological polar surface area (TPSA) is 66.7 Å². The van der Waals surface area contributed by atoms with E-state index in [0.717, 1.165) is 38.5 Å². The lowest BCUT2D eigenvalue weighted by Crippen LogP contribution is -1.96. The molecule has 1 atom stereocenters. The number of unbranched alkanes of at least 4 members (excludes halogenated alkanes) is 6. The van der Waals surface area contributed by atoms with Crippen molar-refractivity contribution >= 4 is 24.5 Å². The molecule has 0 saturated carbocycles. The highest BCUT2D eigenvalue weighted by molar-refractivity contribution is 5.85. The minimum Gasteiger partial charge on any atom is -0.481 e. The van der Waals surface area contributed by atoms with Crippen molar-refractivity contribution in [1.29, 1.82) is 0 Å². The highest BCUT2D eigenvalue weighted by Crippen LogP contribution is 2.11. The molecule has 0 aromatic heterocycles. The number of isocyanates is 1. The number of aliphatic imine (C=N–C) groups is 1. The summed E-state index contributed by atoms with van der Waals surface area (Å²) in [6.45, 7) is 1.93. The minimum absolute atomic E-state index is 0. The first kappa shape index (κ1) is 19.5. The van der Waals surface area contributed by atoms with Crippen LogP contribution in [0.2, 0.25) is 0 Å². The number of rotatable bonds is 11. The maximum atomic E-state index is 10.3. The zero-order chi connectivity index (χ0) is 12.9. The molecule has 0 saturated heterocycles. The van der Waals surface area contributed by atoms with Gasteiger partial charge in [-0.1, -0.05) is 38.5 Å². The lowest BCUT2D eigenvalue weighted by Gasteiger charge is -2.03. The number of halogens is 1. The van der Waals surface area contributed by atoms with Crippen molar-refractivity contribution in [3.63, 3.8) is 0 Å². The van der Waals surface area contributed by atoms with Crippen LogP contribution in [0, 0.1) is 0 Å². The van der Waals surface area contributed by atoms with Crippen molar-refractivity contribution in [1.82, 2.24) is 0 Å². The van der Waals surface area contributed by atoms with E-state index in [1.807, 2.05) is 6.92 Å². The molecule has 0 aromatic carbocycles. The van der Waals surface area contributed by atoms with Crippen LogP contribution in [0.15, 0.2) is 4.99 Å².